The maximum atomic E-state index is 10.3. The second kappa shape index (κ2) is 3.51. The second-order valence-corrected chi connectivity index (χ2v) is 2.16. The van der Waals surface area contributed by atoms with E-state index >= 15 is 0 Å². The summed E-state index contributed by atoms with van der Waals surface area (Å²) in [6.45, 7) is 0.0403. The highest BCUT2D eigenvalue weighted by Crippen LogP contribution is 2.00. The monoisotopic (exact) mass is 167 g/mol. The van der Waals surface area contributed by atoms with Crippen LogP contribution in [0.1, 0.15) is 0 Å². The number of nitrogens with zero attached hydrogens (tertiary/aromatic N) is 2. The lowest BCUT2D eigenvalue weighted by Gasteiger charge is -2.00. The first-order chi connectivity index (χ1) is 5.68. The fraction of sp³-hybridized carbons (Fsp3) is 0.167. The maximum absolute atomic E-state index is 10.3. The van der Waals surface area contributed by atoms with Crippen molar-refractivity contribution in [3.05, 3.63) is 12.1 Å². The van der Waals surface area contributed by atoms with Crippen LogP contribution >= 0.6 is 0 Å². The van der Waals surface area contributed by atoms with Gasteiger partial charge in [-0.2, -0.15) is 0 Å². The molecule has 0 unspecified atom stereocenters. The molecule has 1 rings (SSSR count). The van der Waals surface area contributed by atoms with Crippen molar-refractivity contribution >= 4 is 17.5 Å². The molecule has 64 valence electrons. The third kappa shape index (κ3) is 2.41. The van der Waals surface area contributed by atoms with Crippen molar-refractivity contribution < 1.29 is 4.79 Å². The van der Waals surface area contributed by atoms with E-state index in [2.05, 4.69) is 15.5 Å². The summed E-state index contributed by atoms with van der Waals surface area (Å²) in [6, 6.07) is 3.20. The zero-order valence-electron chi connectivity index (χ0n) is 6.32. The van der Waals surface area contributed by atoms with E-state index in [-0.39, 0.29) is 6.54 Å². The number of carbonyl (C=O) groups excluding carboxylic acids is 1. The molecule has 0 bridgehead atoms. The zero-order valence-corrected chi connectivity index (χ0v) is 6.32. The summed E-state index contributed by atoms with van der Waals surface area (Å²) >= 11 is 0. The molecule has 0 aliphatic heterocycles. The number of nitrogens with two attached hydrogens (primary N) is 2. The Labute approximate surface area is 69.0 Å². The molecule has 0 aliphatic carbocycles. The van der Waals surface area contributed by atoms with E-state index in [9.17, 15) is 4.79 Å². The average molecular weight is 167 g/mol. The van der Waals surface area contributed by atoms with Crippen LogP contribution in [0.2, 0.25) is 0 Å². The Hall–Kier alpha value is -1.85. The SMILES string of the molecule is NC(=O)CNc1ccc(N)nn1. The summed E-state index contributed by atoms with van der Waals surface area (Å²) in [5.41, 5.74) is 10.2. The number of hydrogen-bond acceptors (Lipinski definition) is 5. The molecule has 0 radical (unpaired) electrons. The van der Waals surface area contributed by atoms with Crippen LogP contribution in [0.25, 0.3) is 0 Å². The lowest BCUT2D eigenvalue weighted by Crippen LogP contribution is -2.22. The van der Waals surface area contributed by atoms with Gasteiger partial charge < -0.3 is 16.8 Å². The summed E-state index contributed by atoms with van der Waals surface area (Å²) in [5, 5.41) is 9.89. The first-order valence-corrected chi connectivity index (χ1v) is 3.30. The van der Waals surface area contributed by atoms with Crippen LogP contribution in [0.15, 0.2) is 12.1 Å². The van der Waals surface area contributed by atoms with Crippen LogP contribution in [0, 0.1) is 0 Å². The molecule has 0 atom stereocenters. The van der Waals surface area contributed by atoms with Crippen LogP contribution in [0.3, 0.4) is 0 Å². The van der Waals surface area contributed by atoms with E-state index in [4.69, 9.17) is 11.5 Å². The van der Waals surface area contributed by atoms with Crippen molar-refractivity contribution in [1.82, 2.24) is 10.2 Å². The Balaban J connectivity index is 2.53. The predicted molar refractivity (Wildman–Crippen MR) is 44.1 cm³/mol. The summed E-state index contributed by atoms with van der Waals surface area (Å²) in [4.78, 5) is 10.3. The summed E-state index contributed by atoms with van der Waals surface area (Å²) in [7, 11) is 0. The largest absolute Gasteiger partial charge is 0.382 e. The number of nitrogens with one attached hydrogen (secondary N) is 1. The van der Waals surface area contributed by atoms with Gasteiger partial charge in [-0.05, 0) is 12.1 Å². The standard InChI is InChI=1S/C6H9N5O/c7-4-1-2-6(11-10-4)9-3-5(8)12/h1-2H,3H2,(H2,7,10)(H2,8,12)(H,9,11). The van der Waals surface area contributed by atoms with Crippen LogP contribution in [-0.2, 0) is 4.79 Å². The molecule has 0 aromatic carbocycles. The molecule has 1 aromatic heterocycles. The van der Waals surface area contributed by atoms with Gasteiger partial charge in [0.15, 0.2) is 0 Å². The van der Waals surface area contributed by atoms with Gasteiger partial charge in [-0.1, -0.05) is 0 Å². The highest BCUT2D eigenvalue weighted by atomic mass is 16.1. The minimum Gasteiger partial charge on any atom is -0.382 e. The molecule has 12 heavy (non-hydrogen) atoms. The van der Waals surface area contributed by atoms with Crippen molar-refractivity contribution in [1.29, 1.82) is 0 Å². The molecular formula is C6H9N5O. The molecule has 6 nitrogen and oxygen atoms in total. The molecule has 6 heteroatoms. The van der Waals surface area contributed by atoms with Crippen molar-refractivity contribution in [2.75, 3.05) is 17.6 Å². The van der Waals surface area contributed by atoms with Gasteiger partial charge in [0.2, 0.25) is 5.91 Å². The van der Waals surface area contributed by atoms with Gasteiger partial charge in [0.1, 0.15) is 11.6 Å². The lowest BCUT2D eigenvalue weighted by molar-refractivity contribution is -0.116. The number of amides is 1. The van der Waals surface area contributed by atoms with Gasteiger partial charge in [0, 0.05) is 0 Å². The predicted octanol–water partition coefficient (Wildman–Crippen LogP) is -1.04. The van der Waals surface area contributed by atoms with E-state index < -0.39 is 5.91 Å². The molecular weight excluding hydrogens is 158 g/mol. The molecule has 1 heterocycles. The lowest BCUT2D eigenvalue weighted by atomic mass is 10.5. The van der Waals surface area contributed by atoms with Gasteiger partial charge in [0.25, 0.3) is 0 Å². The van der Waals surface area contributed by atoms with Gasteiger partial charge in [-0.3, -0.25) is 4.79 Å². The third-order valence-electron chi connectivity index (χ3n) is 1.13. The molecule has 0 saturated heterocycles. The van der Waals surface area contributed by atoms with E-state index in [0.717, 1.165) is 0 Å². The van der Waals surface area contributed by atoms with Crippen LogP contribution in [0.4, 0.5) is 11.6 Å². The highest BCUT2D eigenvalue weighted by molar-refractivity contribution is 5.78. The fourth-order valence-electron chi connectivity index (χ4n) is 0.615. The molecule has 1 aromatic rings. The minimum atomic E-state index is -0.450. The quantitative estimate of drug-likeness (QED) is 0.532. The molecule has 0 spiro atoms. The maximum Gasteiger partial charge on any atom is 0.236 e. The Kier molecular flexibility index (Phi) is 2.42. The Morgan fingerprint density at radius 1 is 1.50 bits per heavy atom. The zero-order chi connectivity index (χ0) is 8.97. The number of nitrogen functional groups attached to an aromatic ring is 1. The topological polar surface area (TPSA) is 107 Å². The Bertz CT molecular complexity index is 270. The Morgan fingerprint density at radius 3 is 2.75 bits per heavy atom. The fourth-order valence-corrected chi connectivity index (χ4v) is 0.615. The molecule has 1 amide bonds. The van der Waals surface area contributed by atoms with Gasteiger partial charge >= 0.3 is 0 Å². The minimum absolute atomic E-state index is 0.0403. The highest BCUT2D eigenvalue weighted by Gasteiger charge is 1.95. The first kappa shape index (κ1) is 8.25. The van der Waals surface area contributed by atoms with Crippen molar-refractivity contribution in [2.24, 2.45) is 5.73 Å². The van der Waals surface area contributed by atoms with E-state index in [0.29, 0.717) is 11.6 Å². The number of primary amides is 1. The number of anilines is 2. The average Bonchev–Trinajstić information content (AvgIpc) is 2.03. The van der Waals surface area contributed by atoms with E-state index in [1.807, 2.05) is 0 Å². The first-order valence-electron chi connectivity index (χ1n) is 3.30. The summed E-state index contributed by atoms with van der Waals surface area (Å²) in [6.07, 6.45) is 0. The van der Waals surface area contributed by atoms with Gasteiger partial charge in [0.05, 0.1) is 6.54 Å². The second-order valence-electron chi connectivity index (χ2n) is 2.16. The van der Waals surface area contributed by atoms with E-state index in [1.54, 1.807) is 12.1 Å². The van der Waals surface area contributed by atoms with Crippen LogP contribution in [0.5, 0.6) is 0 Å². The third-order valence-corrected chi connectivity index (χ3v) is 1.13. The van der Waals surface area contributed by atoms with Gasteiger partial charge in [-0.15, -0.1) is 10.2 Å². The summed E-state index contributed by atoms with van der Waals surface area (Å²) in [5.74, 6) is 0.358. The molecule has 5 N–H and O–H groups in total. The van der Waals surface area contributed by atoms with Crippen LogP contribution in [-0.4, -0.2) is 22.6 Å². The summed E-state index contributed by atoms with van der Waals surface area (Å²) < 4.78 is 0. The number of carbonyl (C=O) groups is 1. The van der Waals surface area contributed by atoms with E-state index in [1.165, 1.54) is 0 Å². The van der Waals surface area contributed by atoms with Crippen molar-refractivity contribution in [3.63, 3.8) is 0 Å². The van der Waals surface area contributed by atoms with Crippen molar-refractivity contribution in [2.45, 2.75) is 0 Å². The molecule has 0 saturated carbocycles. The number of aromatic nitrogens is 2. The Morgan fingerprint density at radius 2 is 2.25 bits per heavy atom. The van der Waals surface area contributed by atoms with Crippen molar-refractivity contribution in [3.8, 4) is 0 Å². The molecule has 0 fully saturated rings. The van der Waals surface area contributed by atoms with Crippen LogP contribution < -0.4 is 16.8 Å². The number of hydrogen-bond donors (Lipinski definition) is 3. The number of rotatable bonds is 3. The smallest absolute Gasteiger partial charge is 0.236 e. The van der Waals surface area contributed by atoms with Gasteiger partial charge in [-0.25, -0.2) is 0 Å². The normalized spacial score (nSPS) is 9.33. The molecule has 0 aliphatic rings.